The molecule has 0 bridgehead atoms. The average Bonchev–Trinajstić information content (AvgIpc) is 2.34. The molecule has 2 N–H and O–H groups in total. The Morgan fingerprint density at radius 2 is 1.22 bits per heavy atom. The maximum Gasteiger partial charge on any atom is 0.222 e. The van der Waals surface area contributed by atoms with Gasteiger partial charge in [-0.2, -0.15) is 0 Å². The van der Waals surface area contributed by atoms with Crippen LogP contribution >= 0.6 is 11.8 Å². The number of aryl methyl sites for hydroxylation is 2. The van der Waals surface area contributed by atoms with Crippen molar-refractivity contribution in [3.8, 4) is 0 Å². The number of hydrogen-bond donors (Lipinski definition) is 2. The van der Waals surface area contributed by atoms with E-state index in [-0.39, 0.29) is 11.8 Å². The first-order valence-corrected chi connectivity index (χ1v) is 7.58. The third kappa shape index (κ3) is 5.29. The Morgan fingerprint density at radius 3 is 1.57 bits per heavy atom. The zero-order valence-electron chi connectivity index (χ0n) is 13.2. The van der Waals surface area contributed by atoms with Crippen LogP contribution < -0.4 is 10.6 Å². The Hall–Kier alpha value is -2.55. The van der Waals surface area contributed by atoms with Gasteiger partial charge in [-0.25, -0.2) is 19.9 Å². The molecule has 0 fully saturated rings. The predicted molar refractivity (Wildman–Crippen MR) is 86.3 cm³/mol. The van der Waals surface area contributed by atoms with E-state index in [0.29, 0.717) is 33.3 Å². The van der Waals surface area contributed by atoms with Crippen molar-refractivity contribution >= 4 is 35.2 Å². The first-order chi connectivity index (χ1) is 10.8. The van der Waals surface area contributed by atoms with Gasteiger partial charge in [0, 0.05) is 37.4 Å². The smallest absolute Gasteiger partial charge is 0.222 e. The molecule has 0 radical (unpaired) electrons. The number of nitrogens with one attached hydrogen (secondary N) is 2. The second-order valence-electron chi connectivity index (χ2n) is 4.82. The molecule has 2 rings (SSSR count). The number of carbonyl (C=O) groups is 2. The molecule has 0 aliphatic carbocycles. The number of amides is 2. The molecular weight excluding hydrogens is 316 g/mol. The Balaban J connectivity index is 2.28. The zero-order valence-corrected chi connectivity index (χ0v) is 14.0. The van der Waals surface area contributed by atoms with Crippen molar-refractivity contribution in [1.82, 2.24) is 19.9 Å². The van der Waals surface area contributed by atoms with Crippen molar-refractivity contribution in [2.75, 3.05) is 10.6 Å². The molecule has 9 heteroatoms. The number of rotatable bonds is 4. The second-order valence-corrected chi connectivity index (χ2v) is 5.75. The minimum Gasteiger partial charge on any atom is -0.311 e. The summed E-state index contributed by atoms with van der Waals surface area (Å²) >= 11 is 1.15. The highest BCUT2D eigenvalue weighted by Gasteiger charge is 2.10. The van der Waals surface area contributed by atoms with E-state index in [2.05, 4.69) is 30.6 Å². The van der Waals surface area contributed by atoms with Crippen LogP contribution in [0.4, 0.5) is 11.6 Å². The summed E-state index contributed by atoms with van der Waals surface area (Å²) in [4.78, 5) is 39.3. The van der Waals surface area contributed by atoms with Gasteiger partial charge in [-0.15, -0.1) is 0 Å². The molecule has 0 spiro atoms. The number of aromatic nitrogens is 4. The minimum absolute atomic E-state index is 0.209. The quantitative estimate of drug-likeness (QED) is 0.823. The van der Waals surface area contributed by atoms with Crippen LogP contribution in [0.2, 0.25) is 0 Å². The molecule has 0 unspecified atom stereocenters. The van der Waals surface area contributed by atoms with Crippen LogP contribution in [0.15, 0.2) is 22.4 Å². The van der Waals surface area contributed by atoms with Crippen LogP contribution in [0.25, 0.3) is 0 Å². The topological polar surface area (TPSA) is 110 Å². The lowest BCUT2D eigenvalue weighted by Gasteiger charge is -2.07. The molecule has 2 amide bonds. The normalized spacial score (nSPS) is 10.3. The number of carbonyl (C=O) groups excluding carboxylic acids is 2. The molecule has 2 aromatic rings. The first-order valence-electron chi connectivity index (χ1n) is 6.76. The van der Waals surface area contributed by atoms with Crippen molar-refractivity contribution in [1.29, 1.82) is 0 Å². The van der Waals surface area contributed by atoms with E-state index < -0.39 is 0 Å². The van der Waals surface area contributed by atoms with Crippen LogP contribution in [0.5, 0.6) is 0 Å². The predicted octanol–water partition coefficient (Wildman–Crippen LogP) is 1.95. The average molecular weight is 332 g/mol. The number of hydrogen-bond acceptors (Lipinski definition) is 7. The summed E-state index contributed by atoms with van der Waals surface area (Å²) in [6.45, 7) is 6.43. The lowest BCUT2D eigenvalue weighted by atomic mass is 10.4. The highest BCUT2D eigenvalue weighted by Crippen LogP contribution is 2.24. The lowest BCUT2D eigenvalue weighted by Crippen LogP contribution is -2.09. The van der Waals surface area contributed by atoms with Gasteiger partial charge in [-0.1, -0.05) is 0 Å². The van der Waals surface area contributed by atoms with E-state index in [4.69, 9.17) is 0 Å². The van der Waals surface area contributed by atoms with Crippen molar-refractivity contribution in [2.45, 2.75) is 38.0 Å². The lowest BCUT2D eigenvalue weighted by molar-refractivity contribution is -0.115. The summed E-state index contributed by atoms with van der Waals surface area (Å²) in [7, 11) is 0. The number of anilines is 2. The van der Waals surface area contributed by atoms with Crippen LogP contribution in [-0.2, 0) is 9.59 Å². The Labute approximate surface area is 137 Å². The maximum absolute atomic E-state index is 11.1. The summed E-state index contributed by atoms with van der Waals surface area (Å²) in [6, 6.07) is 3.34. The van der Waals surface area contributed by atoms with Crippen LogP contribution in [0, 0.1) is 13.8 Å². The fourth-order valence-corrected chi connectivity index (χ4v) is 2.57. The standard InChI is InChI=1S/C14H16N6O2S/c1-7-5-11(17-9(3)21)19-13(15-7)23-14-16-8(2)6-12(20-14)18-10(4)22/h5-6H,1-4H3,(H,15,17,19,21)(H,16,18,20,22). The van der Waals surface area contributed by atoms with E-state index in [9.17, 15) is 9.59 Å². The molecular formula is C14H16N6O2S. The second kappa shape index (κ2) is 7.14. The van der Waals surface area contributed by atoms with Gasteiger partial charge in [0.25, 0.3) is 0 Å². The van der Waals surface area contributed by atoms with Gasteiger partial charge in [0.2, 0.25) is 11.8 Å². The van der Waals surface area contributed by atoms with Crippen LogP contribution in [-0.4, -0.2) is 31.8 Å². The van der Waals surface area contributed by atoms with Crippen molar-refractivity contribution in [3.05, 3.63) is 23.5 Å². The minimum atomic E-state index is -0.209. The summed E-state index contributed by atoms with van der Waals surface area (Å²) in [5.41, 5.74) is 1.42. The van der Waals surface area contributed by atoms with Gasteiger partial charge in [0.15, 0.2) is 10.3 Å². The van der Waals surface area contributed by atoms with Crippen molar-refractivity contribution < 1.29 is 9.59 Å². The molecule has 2 aromatic heterocycles. The molecule has 0 aliphatic heterocycles. The van der Waals surface area contributed by atoms with E-state index >= 15 is 0 Å². The SMILES string of the molecule is CC(=O)Nc1cc(C)nc(Sc2nc(C)cc(NC(C)=O)n2)n1. The molecule has 0 saturated heterocycles. The van der Waals surface area contributed by atoms with Gasteiger partial charge in [0.05, 0.1) is 0 Å². The zero-order chi connectivity index (χ0) is 17.0. The van der Waals surface area contributed by atoms with Gasteiger partial charge < -0.3 is 10.6 Å². The van der Waals surface area contributed by atoms with E-state index in [1.165, 1.54) is 13.8 Å². The highest BCUT2D eigenvalue weighted by atomic mass is 32.2. The monoisotopic (exact) mass is 332 g/mol. The Kier molecular flexibility index (Phi) is 5.22. The van der Waals surface area contributed by atoms with E-state index in [1.807, 2.05) is 0 Å². The van der Waals surface area contributed by atoms with Crippen molar-refractivity contribution in [3.63, 3.8) is 0 Å². The molecule has 0 saturated carbocycles. The fourth-order valence-electron chi connectivity index (χ4n) is 1.74. The molecule has 2 heterocycles. The van der Waals surface area contributed by atoms with Crippen LogP contribution in [0.1, 0.15) is 25.2 Å². The summed E-state index contributed by atoms with van der Waals surface area (Å²) in [5.74, 6) is 0.419. The molecule has 0 atom stereocenters. The third-order valence-corrected chi connectivity index (χ3v) is 3.19. The van der Waals surface area contributed by atoms with E-state index in [0.717, 1.165) is 11.8 Å². The Bertz CT molecular complexity index is 701. The molecule has 23 heavy (non-hydrogen) atoms. The van der Waals surface area contributed by atoms with Crippen LogP contribution in [0.3, 0.4) is 0 Å². The summed E-state index contributed by atoms with van der Waals surface area (Å²) < 4.78 is 0. The van der Waals surface area contributed by atoms with Gasteiger partial charge in [-0.3, -0.25) is 9.59 Å². The molecule has 120 valence electrons. The van der Waals surface area contributed by atoms with E-state index in [1.54, 1.807) is 26.0 Å². The maximum atomic E-state index is 11.1. The third-order valence-electron chi connectivity index (χ3n) is 2.46. The van der Waals surface area contributed by atoms with Gasteiger partial charge >= 0.3 is 0 Å². The van der Waals surface area contributed by atoms with Gasteiger partial charge in [0.1, 0.15) is 11.6 Å². The molecule has 0 aliphatic rings. The number of nitrogens with zero attached hydrogens (tertiary/aromatic N) is 4. The van der Waals surface area contributed by atoms with Crippen molar-refractivity contribution in [2.24, 2.45) is 0 Å². The highest BCUT2D eigenvalue weighted by molar-refractivity contribution is 7.99. The molecule has 0 aromatic carbocycles. The fraction of sp³-hybridized carbons (Fsp3) is 0.286. The van der Waals surface area contributed by atoms with Gasteiger partial charge in [-0.05, 0) is 25.6 Å². The Morgan fingerprint density at radius 1 is 0.826 bits per heavy atom. The largest absolute Gasteiger partial charge is 0.311 e. The summed E-state index contributed by atoms with van der Waals surface area (Å²) in [6.07, 6.45) is 0. The summed E-state index contributed by atoms with van der Waals surface area (Å²) in [5, 5.41) is 6.06. The first kappa shape index (κ1) is 16.8. The molecule has 8 nitrogen and oxygen atoms in total.